The van der Waals surface area contributed by atoms with Crippen molar-refractivity contribution in [1.82, 2.24) is 13.7 Å². The lowest BCUT2D eigenvalue weighted by Crippen LogP contribution is -2.42. The van der Waals surface area contributed by atoms with Crippen LogP contribution in [0.1, 0.15) is 75.2 Å². The maximum absolute atomic E-state index is 11.3. The molecule has 1 saturated carbocycles. The Morgan fingerprint density at radius 3 is 1.20 bits per heavy atom. The van der Waals surface area contributed by atoms with E-state index in [0.29, 0.717) is 0 Å². The van der Waals surface area contributed by atoms with Gasteiger partial charge in [-0.2, -0.15) is 4.31 Å². The Labute approximate surface area is 186 Å². The first-order chi connectivity index (χ1) is 12.7. The fraction of sp³-hybridized carbons (Fsp3) is 0.947. The van der Waals surface area contributed by atoms with Crippen molar-refractivity contribution in [3.63, 3.8) is 0 Å². The van der Waals surface area contributed by atoms with E-state index in [0.717, 1.165) is 12.8 Å². The second kappa shape index (κ2) is 10.6. The molecule has 0 radical (unpaired) electrons. The van der Waals surface area contributed by atoms with E-state index in [-0.39, 0.29) is 21.9 Å². The van der Waals surface area contributed by atoms with E-state index in [4.69, 9.17) is 0 Å². The molecular weight excluding hydrogens is 446 g/mol. The summed E-state index contributed by atoms with van der Waals surface area (Å²) in [5.41, 5.74) is -0.747. The number of sulfonamides is 2. The molecule has 0 heterocycles. The molecule has 8 nitrogen and oxygen atoms in total. The fourth-order valence-corrected chi connectivity index (χ4v) is 6.10. The van der Waals surface area contributed by atoms with Gasteiger partial charge in [0, 0.05) is 39.6 Å². The summed E-state index contributed by atoms with van der Waals surface area (Å²) in [6.07, 6.45) is 4.45. The van der Waals surface area contributed by atoms with E-state index in [1.807, 2.05) is 62.3 Å². The summed E-state index contributed by atoms with van der Waals surface area (Å²) in [6, 6.07) is 0. The molecule has 0 aromatic rings. The van der Waals surface area contributed by atoms with Crippen molar-refractivity contribution in [2.45, 2.75) is 97.0 Å². The second-order valence-corrected chi connectivity index (χ2v) is 17.0. The first-order valence-electron chi connectivity index (χ1n) is 9.75. The zero-order valence-electron chi connectivity index (χ0n) is 20.9. The van der Waals surface area contributed by atoms with Crippen molar-refractivity contribution in [3.8, 4) is 0 Å². The van der Waals surface area contributed by atoms with Gasteiger partial charge in [-0.15, -0.1) is 0 Å². The van der Waals surface area contributed by atoms with Crippen molar-refractivity contribution in [1.29, 1.82) is 0 Å². The molecule has 184 valence electrons. The molecule has 2 N–H and O–H groups in total. The van der Waals surface area contributed by atoms with Gasteiger partial charge in [-0.1, -0.05) is 0 Å². The first kappa shape index (κ1) is 32.0. The van der Waals surface area contributed by atoms with Gasteiger partial charge in [-0.3, -0.25) is 4.21 Å². The Balaban J connectivity index is 0. The minimum absolute atomic E-state index is 0.104. The van der Waals surface area contributed by atoms with Crippen LogP contribution >= 0.6 is 0 Å². The van der Waals surface area contributed by atoms with Crippen molar-refractivity contribution in [2.24, 2.45) is 0 Å². The third-order valence-corrected chi connectivity index (χ3v) is 8.21. The summed E-state index contributed by atoms with van der Waals surface area (Å²) in [5, 5.41) is -0.110. The zero-order chi connectivity index (χ0) is 25.0. The Kier molecular flexibility index (Phi) is 11.3. The second-order valence-electron chi connectivity index (χ2n) is 10.9. The molecule has 1 rings (SSSR count). The van der Waals surface area contributed by atoms with Crippen LogP contribution in [-0.4, -0.2) is 72.6 Å². The molecule has 1 aliphatic carbocycles. The normalized spacial score (nSPS) is 17.9. The summed E-state index contributed by atoms with van der Waals surface area (Å²) in [5.74, 6) is 3.47. The average molecular weight is 492 g/mol. The van der Waals surface area contributed by atoms with Gasteiger partial charge in [-0.25, -0.2) is 26.3 Å². The van der Waals surface area contributed by atoms with Gasteiger partial charge in [-0.05, 0) is 81.0 Å². The third-order valence-electron chi connectivity index (χ3n) is 3.38. The largest absolute Gasteiger partial charge is 0.253 e. The number of nitrogens with one attached hydrogen (secondary N) is 2. The quantitative estimate of drug-likeness (QED) is 0.585. The molecule has 11 heteroatoms. The van der Waals surface area contributed by atoms with Gasteiger partial charge in [0.05, 0.1) is 11.5 Å². The molecule has 1 fully saturated rings. The first-order valence-corrected chi connectivity index (χ1v) is 15.3. The van der Waals surface area contributed by atoms with Crippen molar-refractivity contribution >= 4 is 35.6 Å². The number of hydrogen-bond acceptors (Lipinski definition) is 5. The molecule has 0 spiro atoms. The van der Waals surface area contributed by atoms with Gasteiger partial charge < -0.3 is 0 Å². The van der Waals surface area contributed by atoms with Crippen LogP contribution in [0.3, 0.4) is 0 Å². The predicted molar refractivity (Wildman–Crippen MR) is 131 cm³/mol. The van der Waals surface area contributed by atoms with Crippen molar-refractivity contribution in [3.05, 3.63) is 0 Å². The van der Waals surface area contributed by atoms with Crippen LogP contribution in [0.2, 0.25) is 0 Å². The highest BCUT2D eigenvalue weighted by atomic mass is 32.2. The topological polar surface area (TPSA) is 113 Å². The van der Waals surface area contributed by atoms with Crippen LogP contribution in [-0.2, 0) is 29.8 Å². The van der Waals surface area contributed by atoms with Gasteiger partial charge in [0.1, 0.15) is 0 Å². The van der Waals surface area contributed by atoms with Crippen LogP contribution in [0.4, 0.5) is 0 Å². The molecule has 0 amide bonds. The zero-order valence-corrected chi connectivity index (χ0v) is 23.4. The molecule has 1 aliphatic rings. The molecule has 0 aromatic heterocycles. The highest BCUT2D eigenvalue weighted by molar-refractivity contribution is 7.97. The smallest absolute Gasteiger partial charge is 0.214 e. The Hall–Kier alpha value is -0.200. The molecule has 0 aliphatic heterocycles. The van der Waals surface area contributed by atoms with Gasteiger partial charge in [0.15, 0.2) is 0 Å². The average Bonchev–Trinajstić information content (AvgIpc) is 3.13. The minimum atomic E-state index is -3.03. The monoisotopic (exact) mass is 491 g/mol. The molecule has 0 bridgehead atoms. The van der Waals surface area contributed by atoms with Crippen molar-refractivity contribution in [2.75, 3.05) is 19.6 Å². The lowest BCUT2D eigenvalue weighted by Gasteiger charge is -2.29. The lowest BCUT2D eigenvalue weighted by atomic mass is 10.1. The highest BCUT2D eigenvalue weighted by Crippen LogP contribution is 2.28. The van der Waals surface area contributed by atoms with E-state index < -0.39 is 29.8 Å². The number of nitrogens with zero attached hydrogens (tertiary/aromatic N) is 1. The molecular formula is C19H45N3O5S3. The van der Waals surface area contributed by atoms with E-state index in [1.165, 1.54) is 10.6 Å². The maximum Gasteiger partial charge on any atom is 0.214 e. The fourth-order valence-electron chi connectivity index (χ4n) is 2.03. The van der Waals surface area contributed by atoms with E-state index in [2.05, 4.69) is 15.3 Å². The summed E-state index contributed by atoms with van der Waals surface area (Å²) < 4.78 is 62.2. The van der Waals surface area contributed by atoms with E-state index >= 15 is 0 Å². The maximum atomic E-state index is 11.3. The standard InChI is InChI=1S/C7H15NO2S.C6H15NO2S.C6H15NOS/c1-7(2,3)8-11(9,10)6-4-5-6;1-6(2,3)7(4)10(5,8)9;1-6(2,3)7-9(4,5)8/h6,8H,4-5H2,1-3H3;1-5H3;4H2,1-3,5H3,(H,7,8). The molecule has 1 unspecified atom stereocenters. The van der Waals surface area contributed by atoms with Crippen LogP contribution in [0, 0.1) is 0 Å². The number of rotatable bonds is 4. The SMILES string of the molecule is C=S(C)(=O)NC(C)(C)C.CC(C)(C)NS(=O)(=O)C1CC1.CN(C(C)(C)C)S(C)(=O)=O. The third kappa shape index (κ3) is 18.6. The Morgan fingerprint density at radius 2 is 1.10 bits per heavy atom. The van der Waals surface area contributed by atoms with Gasteiger partial charge >= 0.3 is 0 Å². The lowest BCUT2D eigenvalue weighted by molar-refractivity contribution is 0.294. The predicted octanol–water partition coefficient (Wildman–Crippen LogP) is 2.18. The molecule has 0 saturated heterocycles. The van der Waals surface area contributed by atoms with Crippen molar-refractivity contribution < 1.29 is 21.0 Å². The van der Waals surface area contributed by atoms with Gasteiger partial charge in [0.25, 0.3) is 0 Å². The summed E-state index contributed by atoms with van der Waals surface area (Å²) in [7, 11) is -6.48. The highest BCUT2D eigenvalue weighted by Gasteiger charge is 2.37. The van der Waals surface area contributed by atoms with E-state index in [9.17, 15) is 21.0 Å². The minimum Gasteiger partial charge on any atom is -0.253 e. The Morgan fingerprint density at radius 1 is 0.767 bits per heavy atom. The summed E-state index contributed by atoms with van der Waals surface area (Å²) in [6.45, 7) is 17.0. The van der Waals surface area contributed by atoms with Crippen LogP contribution in [0.5, 0.6) is 0 Å². The van der Waals surface area contributed by atoms with Crippen LogP contribution in [0.25, 0.3) is 0 Å². The molecule has 30 heavy (non-hydrogen) atoms. The molecule has 1 atom stereocenters. The van der Waals surface area contributed by atoms with E-state index in [1.54, 1.807) is 13.3 Å². The summed E-state index contributed by atoms with van der Waals surface area (Å²) in [4.78, 5) is 0. The number of hydrogen-bond donors (Lipinski definition) is 2. The molecule has 0 aromatic carbocycles. The van der Waals surface area contributed by atoms with Crippen LogP contribution in [0.15, 0.2) is 0 Å². The summed E-state index contributed by atoms with van der Waals surface area (Å²) >= 11 is 0. The Bertz CT molecular complexity index is 839. The van der Waals surface area contributed by atoms with Gasteiger partial charge in [0.2, 0.25) is 20.0 Å². The van der Waals surface area contributed by atoms with Crippen LogP contribution < -0.4 is 9.44 Å².